The van der Waals surface area contributed by atoms with Gasteiger partial charge in [-0.2, -0.15) is 40.2 Å². The van der Waals surface area contributed by atoms with E-state index >= 15 is 0 Å². The van der Waals surface area contributed by atoms with Crippen molar-refractivity contribution in [1.29, 1.82) is 0 Å². The van der Waals surface area contributed by atoms with Crippen LogP contribution < -0.4 is 5.73 Å². The summed E-state index contributed by atoms with van der Waals surface area (Å²) in [4.78, 5) is 3.22. The van der Waals surface area contributed by atoms with Crippen LogP contribution in [0.25, 0.3) is 0 Å². The predicted molar refractivity (Wildman–Crippen MR) is 72.9 cm³/mol. The molecule has 1 heterocycles. The van der Waals surface area contributed by atoms with Crippen LogP contribution in [0.15, 0.2) is 33.3 Å². The van der Waals surface area contributed by atoms with Crippen molar-refractivity contribution < 1.29 is 44.3 Å². The molecule has 148 valence electrons. The molecule has 26 heavy (non-hydrogen) atoms. The lowest BCUT2D eigenvalue weighted by molar-refractivity contribution is -0.327. The van der Waals surface area contributed by atoms with E-state index in [1.807, 2.05) is 0 Å². The Bertz CT molecular complexity index is 693. The highest BCUT2D eigenvalue weighted by molar-refractivity contribution is 9.10. The Morgan fingerprint density at radius 3 is 2.00 bits per heavy atom. The van der Waals surface area contributed by atoms with E-state index in [-0.39, 0.29) is 4.47 Å². The van der Waals surface area contributed by atoms with Crippen LogP contribution in [0.4, 0.5) is 39.5 Å². The number of ether oxygens (including phenoxy) is 1. The van der Waals surface area contributed by atoms with E-state index in [1.165, 1.54) is 0 Å². The van der Waals surface area contributed by atoms with Crippen LogP contribution in [0.2, 0.25) is 0 Å². The minimum atomic E-state index is -6.63. The normalized spacial score (nSPS) is 15.3. The average Bonchev–Trinajstić information content (AvgIpc) is 2.89. The number of rotatable bonds is 4. The quantitative estimate of drug-likeness (QED) is 0.320. The summed E-state index contributed by atoms with van der Waals surface area (Å²) in [7, 11) is 0.800. The number of alkyl halides is 9. The molecule has 0 amide bonds. The van der Waals surface area contributed by atoms with E-state index < -0.39 is 41.9 Å². The minimum absolute atomic E-state index is 0.145. The largest absolute Gasteiger partial charge is 0.437 e. The molecule has 0 saturated heterocycles. The van der Waals surface area contributed by atoms with Gasteiger partial charge in [0.25, 0.3) is 0 Å². The Labute approximate surface area is 147 Å². The van der Waals surface area contributed by atoms with E-state index in [0.29, 0.717) is 4.68 Å². The summed E-state index contributed by atoms with van der Waals surface area (Å²) in [5.41, 5.74) is -4.17. The van der Waals surface area contributed by atoms with Crippen molar-refractivity contribution in [2.24, 2.45) is 10.7 Å². The molecule has 0 aliphatic rings. The van der Waals surface area contributed by atoms with Crippen LogP contribution in [-0.2, 0) is 4.74 Å². The summed E-state index contributed by atoms with van der Waals surface area (Å²) >= 11 is 2.86. The van der Waals surface area contributed by atoms with E-state index in [1.54, 1.807) is 0 Å². The van der Waals surface area contributed by atoms with Crippen LogP contribution in [0.5, 0.6) is 0 Å². The molecule has 1 aromatic rings. The highest BCUT2D eigenvalue weighted by Crippen LogP contribution is 2.50. The lowest BCUT2D eigenvalue weighted by Crippen LogP contribution is -2.57. The van der Waals surface area contributed by atoms with Gasteiger partial charge in [-0.05, 0) is 15.9 Å². The van der Waals surface area contributed by atoms with Crippen molar-refractivity contribution in [3.8, 4) is 0 Å². The van der Waals surface area contributed by atoms with E-state index in [0.717, 1.165) is 19.4 Å². The van der Waals surface area contributed by atoms with Gasteiger partial charge >= 0.3 is 24.6 Å². The Morgan fingerprint density at radius 2 is 1.69 bits per heavy atom. The fourth-order valence-electron chi connectivity index (χ4n) is 1.67. The number of aliphatic imine (C=N–C) groups is 1. The summed E-state index contributed by atoms with van der Waals surface area (Å²) in [6.07, 6.45) is -11.3. The fourth-order valence-corrected chi connectivity index (χ4v) is 1.96. The van der Waals surface area contributed by atoms with Crippen molar-refractivity contribution in [2.45, 2.75) is 24.6 Å². The van der Waals surface area contributed by atoms with Gasteiger partial charge in [0, 0.05) is 13.2 Å². The summed E-state index contributed by atoms with van der Waals surface area (Å²) < 4.78 is 120. The minimum Gasteiger partial charge on any atom is -0.429 e. The standard InChI is InChI=1S/C11H8BrF9N4O/c1-23-7(25-3-4(12)2-24-25)5(26-8(13)14)6(22)9(15,10(16,17)18)11(19,20)21/h2-3,8H,22H2,1H3. The Balaban J connectivity index is 3.78. The van der Waals surface area contributed by atoms with Crippen LogP contribution in [-0.4, -0.2) is 47.3 Å². The molecule has 0 aliphatic heterocycles. The van der Waals surface area contributed by atoms with Crippen molar-refractivity contribution in [1.82, 2.24) is 9.78 Å². The lowest BCUT2D eigenvalue weighted by atomic mass is 9.99. The van der Waals surface area contributed by atoms with Gasteiger partial charge < -0.3 is 10.5 Å². The monoisotopic (exact) mass is 462 g/mol. The van der Waals surface area contributed by atoms with Gasteiger partial charge in [0.05, 0.1) is 10.7 Å². The smallest absolute Gasteiger partial charge is 0.429 e. The molecule has 1 rings (SSSR count). The third-order valence-corrected chi connectivity index (χ3v) is 3.20. The zero-order valence-electron chi connectivity index (χ0n) is 12.3. The van der Waals surface area contributed by atoms with E-state index in [9.17, 15) is 39.5 Å². The molecule has 5 nitrogen and oxygen atoms in total. The first-order chi connectivity index (χ1) is 11.7. The molecule has 0 bridgehead atoms. The molecule has 0 aliphatic carbocycles. The number of nitrogens with two attached hydrogens (primary N) is 1. The second-order valence-corrected chi connectivity index (χ2v) is 5.34. The van der Waals surface area contributed by atoms with Gasteiger partial charge in [-0.25, -0.2) is 9.07 Å². The number of halogens is 10. The molecular weight excluding hydrogens is 455 g/mol. The van der Waals surface area contributed by atoms with Crippen molar-refractivity contribution in [3.63, 3.8) is 0 Å². The Morgan fingerprint density at radius 1 is 1.19 bits per heavy atom. The molecule has 0 saturated carbocycles. The van der Waals surface area contributed by atoms with Crippen LogP contribution >= 0.6 is 15.9 Å². The molecule has 15 heteroatoms. The Hall–Kier alpha value is -1.93. The molecule has 0 radical (unpaired) electrons. The van der Waals surface area contributed by atoms with Gasteiger partial charge in [-0.1, -0.05) is 0 Å². The lowest BCUT2D eigenvalue weighted by Gasteiger charge is -2.31. The van der Waals surface area contributed by atoms with Crippen molar-refractivity contribution in [2.75, 3.05) is 7.05 Å². The summed E-state index contributed by atoms with van der Waals surface area (Å²) in [5.74, 6) is -3.10. The second kappa shape index (κ2) is 7.36. The highest BCUT2D eigenvalue weighted by atomic mass is 79.9. The first kappa shape index (κ1) is 22.1. The summed E-state index contributed by atoms with van der Waals surface area (Å²) in [6.45, 7) is -3.94. The molecule has 1 aromatic heterocycles. The van der Waals surface area contributed by atoms with Gasteiger partial charge in [0.1, 0.15) is 5.70 Å². The van der Waals surface area contributed by atoms with Crippen LogP contribution in [0.3, 0.4) is 0 Å². The molecule has 2 N–H and O–H groups in total. The van der Waals surface area contributed by atoms with Crippen molar-refractivity contribution in [3.05, 3.63) is 28.3 Å². The maximum Gasteiger partial charge on any atom is 0.437 e. The van der Waals surface area contributed by atoms with E-state index in [4.69, 9.17) is 5.73 Å². The number of hydrogen-bond acceptors (Lipinski definition) is 4. The van der Waals surface area contributed by atoms with Gasteiger partial charge in [0.15, 0.2) is 11.6 Å². The van der Waals surface area contributed by atoms with Gasteiger partial charge in [0.2, 0.25) is 0 Å². The maximum atomic E-state index is 14.1. The molecular formula is C11H8BrF9N4O. The SMILES string of the molecule is CN=C(C(OC(F)F)=C(N)C(F)(C(F)(F)F)C(F)(F)F)n1cc(Br)cn1. The fraction of sp³-hybridized carbons (Fsp3) is 0.455. The van der Waals surface area contributed by atoms with Crippen molar-refractivity contribution >= 4 is 21.8 Å². The molecule has 0 atom stereocenters. The van der Waals surface area contributed by atoms with E-state index in [2.05, 4.69) is 30.8 Å². The summed E-state index contributed by atoms with van der Waals surface area (Å²) in [6, 6.07) is 0. The van der Waals surface area contributed by atoms with Crippen LogP contribution in [0, 0.1) is 0 Å². The molecule has 0 unspecified atom stereocenters. The predicted octanol–water partition coefficient (Wildman–Crippen LogP) is 3.76. The first-order valence-corrected chi connectivity index (χ1v) is 6.91. The second-order valence-electron chi connectivity index (χ2n) is 4.43. The highest BCUT2D eigenvalue weighted by Gasteiger charge is 2.75. The zero-order valence-corrected chi connectivity index (χ0v) is 13.9. The van der Waals surface area contributed by atoms with Crippen LogP contribution in [0.1, 0.15) is 0 Å². The average molecular weight is 463 g/mol. The third kappa shape index (κ3) is 4.07. The van der Waals surface area contributed by atoms with Gasteiger partial charge in [-0.3, -0.25) is 4.99 Å². The topological polar surface area (TPSA) is 65.4 Å². The molecule has 0 aromatic carbocycles. The number of aromatic nitrogens is 2. The number of nitrogens with zero attached hydrogens (tertiary/aromatic N) is 3. The zero-order chi connectivity index (χ0) is 20.5. The molecule has 0 spiro atoms. The Kier molecular flexibility index (Phi) is 6.26. The number of allylic oxidation sites excluding steroid dienone is 2. The maximum absolute atomic E-state index is 14.1. The molecule has 0 fully saturated rings. The third-order valence-electron chi connectivity index (χ3n) is 2.79. The van der Waals surface area contributed by atoms with Gasteiger partial charge in [-0.15, -0.1) is 0 Å². The summed E-state index contributed by atoms with van der Waals surface area (Å²) in [5, 5.41) is 3.44. The first-order valence-electron chi connectivity index (χ1n) is 6.11. The number of hydrogen-bond donors (Lipinski definition) is 1.